The highest BCUT2D eigenvalue weighted by atomic mass is 16.6. The molecule has 0 spiro atoms. The Hall–Kier alpha value is -2.45. The van der Waals surface area contributed by atoms with Gasteiger partial charge in [-0.2, -0.15) is 0 Å². The third-order valence-electron chi connectivity index (χ3n) is 9.79. The van der Waals surface area contributed by atoms with E-state index in [4.69, 9.17) is 14.2 Å². The summed E-state index contributed by atoms with van der Waals surface area (Å²) < 4.78 is 17.1. The molecule has 0 aliphatic rings. The maximum Gasteiger partial charge on any atom is 0.306 e. The fourth-order valence-corrected chi connectivity index (χ4v) is 6.38. The SMILES string of the molecule is CC/C=C/C/C=C/C/C=C/CCCCCCCCCCCC(=O)OCC(COCCC(C(=O)[O-])[N+](C)(C)C)OC(=O)CCCCCCCCCCCCC. The van der Waals surface area contributed by atoms with Crippen LogP contribution in [0.1, 0.15) is 187 Å². The Morgan fingerprint density at radius 3 is 1.54 bits per heavy atom. The predicted molar refractivity (Wildman–Crippen MR) is 222 cm³/mol. The van der Waals surface area contributed by atoms with E-state index in [9.17, 15) is 19.5 Å². The number of aliphatic carboxylic acids is 1. The van der Waals surface area contributed by atoms with Gasteiger partial charge < -0.3 is 28.6 Å². The molecule has 0 N–H and O–H groups in total. The first-order chi connectivity index (χ1) is 26.1. The summed E-state index contributed by atoms with van der Waals surface area (Å²) in [5.41, 5.74) is 0. The number of hydrogen-bond acceptors (Lipinski definition) is 7. The van der Waals surface area contributed by atoms with Crippen LogP contribution in [0.3, 0.4) is 0 Å². The van der Waals surface area contributed by atoms with E-state index in [0.29, 0.717) is 12.8 Å². The summed E-state index contributed by atoms with van der Waals surface area (Å²) >= 11 is 0. The topological polar surface area (TPSA) is 102 Å². The second-order valence-corrected chi connectivity index (χ2v) is 15.9. The molecule has 0 aromatic rings. The number of ether oxygens (including phenoxy) is 3. The van der Waals surface area contributed by atoms with Crippen LogP contribution >= 0.6 is 0 Å². The lowest BCUT2D eigenvalue weighted by molar-refractivity contribution is -0.889. The number of unbranched alkanes of at least 4 members (excludes halogenated alkanes) is 19. The molecule has 0 fully saturated rings. The van der Waals surface area contributed by atoms with E-state index in [1.807, 2.05) is 0 Å². The van der Waals surface area contributed by atoms with Gasteiger partial charge in [-0.1, -0.05) is 159 Å². The second-order valence-electron chi connectivity index (χ2n) is 15.9. The number of carboxylic acids is 1. The van der Waals surface area contributed by atoms with Crippen molar-refractivity contribution in [1.82, 2.24) is 0 Å². The zero-order valence-corrected chi connectivity index (χ0v) is 35.6. The number of carbonyl (C=O) groups is 3. The molecule has 54 heavy (non-hydrogen) atoms. The molecule has 0 aromatic heterocycles. The molecular weight excluding hydrogens is 679 g/mol. The van der Waals surface area contributed by atoms with Crippen LogP contribution in [0.2, 0.25) is 0 Å². The molecule has 0 bridgehead atoms. The van der Waals surface area contributed by atoms with Gasteiger partial charge in [-0.15, -0.1) is 0 Å². The lowest BCUT2D eigenvalue weighted by Gasteiger charge is -2.34. The van der Waals surface area contributed by atoms with E-state index < -0.39 is 18.1 Å². The number of rotatable bonds is 39. The minimum absolute atomic E-state index is 0.0416. The quantitative estimate of drug-likeness (QED) is 0.0266. The Morgan fingerprint density at radius 1 is 0.574 bits per heavy atom. The summed E-state index contributed by atoms with van der Waals surface area (Å²) in [5.74, 6) is -1.74. The van der Waals surface area contributed by atoms with E-state index in [1.54, 1.807) is 21.1 Å². The Morgan fingerprint density at radius 2 is 1.04 bits per heavy atom. The van der Waals surface area contributed by atoms with Crippen molar-refractivity contribution in [3.05, 3.63) is 36.5 Å². The first-order valence-corrected chi connectivity index (χ1v) is 22.0. The molecule has 0 aliphatic heterocycles. The van der Waals surface area contributed by atoms with Crippen LogP contribution in [0.5, 0.6) is 0 Å². The minimum atomic E-state index is -1.13. The zero-order chi connectivity index (χ0) is 40.0. The summed E-state index contributed by atoms with van der Waals surface area (Å²) in [4.78, 5) is 36.8. The maximum absolute atomic E-state index is 12.7. The predicted octanol–water partition coefficient (Wildman–Crippen LogP) is 10.5. The zero-order valence-electron chi connectivity index (χ0n) is 35.6. The smallest absolute Gasteiger partial charge is 0.306 e. The van der Waals surface area contributed by atoms with Crippen molar-refractivity contribution in [2.45, 2.75) is 199 Å². The van der Waals surface area contributed by atoms with Gasteiger partial charge in [0, 0.05) is 19.3 Å². The van der Waals surface area contributed by atoms with Crippen molar-refractivity contribution in [3.8, 4) is 0 Å². The summed E-state index contributed by atoms with van der Waals surface area (Å²) in [6.45, 7) is 4.54. The van der Waals surface area contributed by atoms with Crippen LogP contribution in [0.4, 0.5) is 0 Å². The van der Waals surface area contributed by atoms with Crippen LogP contribution in [0.15, 0.2) is 36.5 Å². The standard InChI is InChI=1S/C46H83NO7/c1-6-8-10-12-14-16-18-19-20-21-22-23-24-25-27-28-30-32-34-36-44(48)53-41-42(40-52-39-38-43(46(50)51)47(3,4)5)54-45(49)37-35-33-31-29-26-17-15-13-11-9-7-2/h8,10,14,16,19-20,42-43H,6-7,9,11-13,15,17-18,21-41H2,1-5H3/b10-8+,16-14+,20-19+. The van der Waals surface area contributed by atoms with Gasteiger partial charge in [-0.25, -0.2) is 0 Å². The van der Waals surface area contributed by atoms with Gasteiger partial charge in [0.25, 0.3) is 0 Å². The van der Waals surface area contributed by atoms with Gasteiger partial charge in [-0.3, -0.25) is 9.59 Å². The van der Waals surface area contributed by atoms with Gasteiger partial charge in [-0.05, 0) is 44.9 Å². The van der Waals surface area contributed by atoms with Gasteiger partial charge in [0.15, 0.2) is 6.10 Å². The first-order valence-electron chi connectivity index (χ1n) is 22.0. The first kappa shape index (κ1) is 51.5. The van der Waals surface area contributed by atoms with Crippen molar-refractivity contribution in [1.29, 1.82) is 0 Å². The molecule has 314 valence electrons. The van der Waals surface area contributed by atoms with Gasteiger partial charge in [0.1, 0.15) is 12.6 Å². The minimum Gasteiger partial charge on any atom is -0.544 e. The number of likely N-dealkylation sites (N-methyl/N-ethyl adjacent to an activating group) is 1. The van der Waals surface area contributed by atoms with Gasteiger partial charge in [0.2, 0.25) is 0 Å². The third-order valence-corrected chi connectivity index (χ3v) is 9.79. The van der Waals surface area contributed by atoms with Crippen molar-refractivity contribution in [3.63, 3.8) is 0 Å². The summed E-state index contributed by atoms with van der Waals surface area (Å²) in [7, 11) is 5.40. The average molecular weight is 762 g/mol. The molecule has 0 rings (SSSR count). The Labute approximate surface area is 332 Å². The Balaban J connectivity index is 4.28. The largest absolute Gasteiger partial charge is 0.544 e. The molecule has 0 aromatic carbocycles. The molecule has 0 saturated heterocycles. The van der Waals surface area contributed by atoms with Crippen LogP contribution < -0.4 is 5.11 Å². The van der Waals surface area contributed by atoms with Crippen molar-refractivity contribution >= 4 is 17.9 Å². The normalized spacial score (nSPS) is 13.3. The fraction of sp³-hybridized carbons (Fsp3) is 0.804. The molecule has 0 amide bonds. The molecular formula is C46H83NO7. The number of carbonyl (C=O) groups excluding carboxylic acids is 3. The monoisotopic (exact) mass is 762 g/mol. The maximum atomic E-state index is 12.7. The van der Waals surface area contributed by atoms with Crippen molar-refractivity contribution < 1.29 is 38.2 Å². The number of hydrogen-bond donors (Lipinski definition) is 0. The van der Waals surface area contributed by atoms with E-state index in [-0.39, 0.29) is 42.7 Å². The number of esters is 2. The van der Waals surface area contributed by atoms with Crippen LogP contribution in [-0.4, -0.2) is 75.5 Å². The van der Waals surface area contributed by atoms with E-state index >= 15 is 0 Å². The summed E-state index contributed by atoms with van der Waals surface area (Å²) in [6, 6.07) is -0.724. The highest BCUT2D eigenvalue weighted by molar-refractivity contribution is 5.70. The van der Waals surface area contributed by atoms with Gasteiger partial charge >= 0.3 is 11.9 Å². The van der Waals surface area contributed by atoms with E-state index in [1.165, 1.54) is 89.9 Å². The lowest BCUT2D eigenvalue weighted by Crippen LogP contribution is -2.55. The van der Waals surface area contributed by atoms with Crippen LogP contribution in [0, 0.1) is 0 Å². The van der Waals surface area contributed by atoms with Gasteiger partial charge in [0.05, 0.1) is 40.3 Å². The molecule has 0 radical (unpaired) electrons. The average Bonchev–Trinajstić information content (AvgIpc) is 3.12. The molecule has 2 atom stereocenters. The summed E-state index contributed by atoms with van der Waals surface area (Å²) in [6.07, 6.45) is 41.6. The second kappa shape index (κ2) is 37.5. The number of allylic oxidation sites excluding steroid dienone is 6. The Kier molecular flexibility index (Phi) is 35.8. The fourth-order valence-electron chi connectivity index (χ4n) is 6.38. The van der Waals surface area contributed by atoms with Crippen LogP contribution in [0.25, 0.3) is 0 Å². The lowest BCUT2D eigenvalue weighted by atomic mass is 10.1. The van der Waals surface area contributed by atoms with Crippen molar-refractivity contribution in [2.24, 2.45) is 0 Å². The summed E-state index contributed by atoms with van der Waals surface area (Å²) in [5, 5.41) is 11.6. The third kappa shape index (κ3) is 35.3. The highest BCUT2D eigenvalue weighted by Crippen LogP contribution is 2.15. The number of nitrogens with zero attached hydrogens (tertiary/aromatic N) is 1. The van der Waals surface area contributed by atoms with E-state index in [0.717, 1.165) is 64.2 Å². The number of quaternary nitrogens is 1. The molecule has 0 aliphatic carbocycles. The van der Waals surface area contributed by atoms with E-state index in [2.05, 4.69) is 50.3 Å². The number of carboxylic acid groups (broad SMARTS) is 1. The molecule has 8 heteroatoms. The molecule has 0 saturated carbocycles. The van der Waals surface area contributed by atoms with Crippen LogP contribution in [-0.2, 0) is 28.6 Å². The highest BCUT2D eigenvalue weighted by Gasteiger charge is 2.25. The molecule has 0 heterocycles. The molecule has 8 nitrogen and oxygen atoms in total. The molecule has 2 unspecified atom stereocenters. The van der Waals surface area contributed by atoms with Crippen molar-refractivity contribution in [2.75, 3.05) is 41.0 Å². The Bertz CT molecular complexity index is 984.